The molecule has 6 heteroatoms. The lowest BCUT2D eigenvalue weighted by molar-refractivity contribution is 0.227. The molecule has 3 N–H and O–H groups in total. The molecule has 92 valence electrons. The average molecular weight is 562 g/mol. The molecule has 0 bridgehead atoms. The maximum Gasteiger partial charge on any atom is 0.0699 e. The van der Waals surface area contributed by atoms with E-state index in [0.717, 1.165) is 18.3 Å². The van der Waals surface area contributed by atoms with E-state index in [0.29, 0.717) is 0 Å². The number of halogens is 3. The number of alkyl halides is 1. The third-order valence-electron chi connectivity index (χ3n) is 2.87. The van der Waals surface area contributed by atoms with Gasteiger partial charge in [0.05, 0.1) is 23.2 Å². The van der Waals surface area contributed by atoms with Gasteiger partial charge >= 0.3 is 0 Å². The van der Waals surface area contributed by atoms with Gasteiger partial charge < -0.3 is 15.3 Å². The first-order chi connectivity index (χ1) is 7.41. The molecule has 0 aromatic heterocycles. The molecular formula is C10H13I3O3. The Balaban J connectivity index is 3.38. The quantitative estimate of drug-likeness (QED) is 0.366. The van der Waals surface area contributed by atoms with Crippen LogP contribution >= 0.6 is 67.8 Å². The first-order valence-corrected chi connectivity index (χ1v) is 7.94. The molecular weight excluding hydrogens is 549 g/mol. The molecule has 2 unspecified atom stereocenters. The molecule has 2 atom stereocenters. The predicted molar refractivity (Wildman–Crippen MR) is 89.3 cm³/mol. The van der Waals surface area contributed by atoms with Crippen LogP contribution < -0.4 is 0 Å². The molecule has 0 saturated carbocycles. The van der Waals surface area contributed by atoms with Crippen LogP contribution in [-0.4, -0.2) is 38.6 Å². The number of aliphatic hydroxyl groups is 3. The van der Waals surface area contributed by atoms with Crippen molar-refractivity contribution in [2.24, 2.45) is 5.92 Å². The molecule has 0 aromatic rings. The molecule has 16 heavy (non-hydrogen) atoms. The fourth-order valence-corrected chi connectivity index (χ4v) is 6.81. The van der Waals surface area contributed by atoms with Crippen LogP contribution in [0.3, 0.4) is 0 Å². The Morgan fingerprint density at radius 2 is 1.75 bits per heavy atom. The Labute approximate surface area is 136 Å². The van der Waals surface area contributed by atoms with Crippen molar-refractivity contribution in [2.75, 3.05) is 19.8 Å². The molecule has 0 aliphatic heterocycles. The summed E-state index contributed by atoms with van der Waals surface area (Å²) in [5.74, 6) is -0.0588. The molecule has 1 rings (SSSR count). The van der Waals surface area contributed by atoms with Gasteiger partial charge in [-0.25, -0.2) is 0 Å². The molecule has 1 aliphatic rings. The largest absolute Gasteiger partial charge is 0.396 e. The minimum atomic E-state index is -0.299. The van der Waals surface area contributed by atoms with Gasteiger partial charge in [-0.2, -0.15) is 0 Å². The topological polar surface area (TPSA) is 60.7 Å². The van der Waals surface area contributed by atoms with Crippen molar-refractivity contribution in [3.63, 3.8) is 0 Å². The number of aliphatic hydroxyl groups excluding tert-OH is 3. The molecule has 0 fully saturated rings. The van der Waals surface area contributed by atoms with Gasteiger partial charge in [-0.3, -0.25) is 0 Å². The van der Waals surface area contributed by atoms with Gasteiger partial charge in [0.1, 0.15) is 0 Å². The van der Waals surface area contributed by atoms with E-state index in [1.807, 2.05) is 6.92 Å². The molecule has 3 nitrogen and oxygen atoms in total. The predicted octanol–water partition coefficient (Wildman–Crippen LogP) is 2.17. The van der Waals surface area contributed by atoms with Crippen LogP contribution in [0.15, 0.2) is 18.3 Å². The lowest BCUT2D eigenvalue weighted by Crippen LogP contribution is -2.38. The summed E-state index contributed by atoms with van der Waals surface area (Å²) in [5.41, 5.74) is 1.72. The highest BCUT2D eigenvalue weighted by molar-refractivity contribution is 14.1. The van der Waals surface area contributed by atoms with E-state index < -0.39 is 0 Å². The Kier molecular flexibility index (Phi) is 5.98. The van der Waals surface area contributed by atoms with E-state index in [-0.39, 0.29) is 29.2 Å². The van der Waals surface area contributed by atoms with Crippen molar-refractivity contribution in [2.45, 2.75) is 10.3 Å². The summed E-state index contributed by atoms with van der Waals surface area (Å²) >= 11 is 6.61. The molecule has 0 heterocycles. The van der Waals surface area contributed by atoms with E-state index in [4.69, 9.17) is 0 Å². The third kappa shape index (κ3) is 2.60. The highest BCUT2D eigenvalue weighted by Gasteiger charge is 2.42. The molecule has 0 aromatic carbocycles. The smallest absolute Gasteiger partial charge is 0.0699 e. The minimum Gasteiger partial charge on any atom is -0.396 e. The molecule has 0 saturated heterocycles. The SMILES string of the molecule is CC1(I)C(CO)=C(I)C(CO)=C(I)C1CO. The summed E-state index contributed by atoms with van der Waals surface area (Å²) in [6.45, 7) is 1.94. The summed E-state index contributed by atoms with van der Waals surface area (Å²) in [4.78, 5) is 0. The summed E-state index contributed by atoms with van der Waals surface area (Å²) in [6, 6.07) is 0. The lowest BCUT2D eigenvalue weighted by Gasteiger charge is -2.39. The van der Waals surface area contributed by atoms with Gasteiger partial charge in [0.15, 0.2) is 0 Å². The Hall–Kier alpha value is 1.55. The van der Waals surface area contributed by atoms with Crippen molar-refractivity contribution < 1.29 is 15.3 Å². The van der Waals surface area contributed by atoms with Crippen LogP contribution in [0, 0.1) is 5.92 Å². The monoisotopic (exact) mass is 562 g/mol. The van der Waals surface area contributed by atoms with Crippen molar-refractivity contribution >= 4 is 67.8 Å². The van der Waals surface area contributed by atoms with Gasteiger partial charge in [-0.15, -0.1) is 0 Å². The van der Waals surface area contributed by atoms with Crippen molar-refractivity contribution in [3.8, 4) is 0 Å². The van der Waals surface area contributed by atoms with E-state index >= 15 is 0 Å². The fraction of sp³-hybridized carbons (Fsp3) is 0.600. The maximum atomic E-state index is 9.48. The summed E-state index contributed by atoms with van der Waals surface area (Å²) in [5, 5.41) is 28.3. The first-order valence-electron chi connectivity index (χ1n) is 4.71. The van der Waals surface area contributed by atoms with Crippen LogP contribution in [-0.2, 0) is 0 Å². The minimum absolute atomic E-state index is 0.0225. The van der Waals surface area contributed by atoms with E-state index in [2.05, 4.69) is 67.8 Å². The van der Waals surface area contributed by atoms with Crippen LogP contribution in [0.1, 0.15) is 6.92 Å². The van der Waals surface area contributed by atoms with Crippen molar-refractivity contribution in [3.05, 3.63) is 18.3 Å². The second kappa shape index (κ2) is 6.13. The van der Waals surface area contributed by atoms with Crippen LogP contribution in [0.4, 0.5) is 0 Å². The molecule has 0 radical (unpaired) electrons. The van der Waals surface area contributed by atoms with Gasteiger partial charge in [-0.1, -0.05) is 22.6 Å². The van der Waals surface area contributed by atoms with E-state index in [1.54, 1.807) is 0 Å². The molecule has 0 amide bonds. The van der Waals surface area contributed by atoms with Gasteiger partial charge in [0.2, 0.25) is 0 Å². The van der Waals surface area contributed by atoms with Crippen LogP contribution in [0.5, 0.6) is 0 Å². The van der Waals surface area contributed by atoms with Crippen LogP contribution in [0.2, 0.25) is 0 Å². The van der Waals surface area contributed by atoms with Crippen molar-refractivity contribution in [1.82, 2.24) is 0 Å². The third-order valence-corrected chi connectivity index (χ3v) is 6.98. The highest BCUT2D eigenvalue weighted by Crippen LogP contribution is 2.50. The van der Waals surface area contributed by atoms with E-state index in [9.17, 15) is 15.3 Å². The summed E-state index contributed by atoms with van der Waals surface area (Å²) in [7, 11) is 0. The highest BCUT2D eigenvalue weighted by atomic mass is 127. The number of hydrogen-bond donors (Lipinski definition) is 3. The Morgan fingerprint density at radius 3 is 2.12 bits per heavy atom. The normalized spacial score (nSPS) is 31.3. The average Bonchev–Trinajstić information content (AvgIpc) is 2.18. The standard InChI is InChI=1S/C10H13I3O3/c1-10(13)6(3-15)8(11)5(2-14)9(12)7(10)4-16/h6,14-16H,2-4H2,1H3. The zero-order valence-corrected chi connectivity index (χ0v) is 15.1. The van der Waals surface area contributed by atoms with Crippen LogP contribution in [0.25, 0.3) is 0 Å². The zero-order valence-electron chi connectivity index (χ0n) is 8.67. The second-order valence-corrected chi connectivity index (χ2v) is 8.23. The van der Waals surface area contributed by atoms with Gasteiger partial charge in [0.25, 0.3) is 0 Å². The van der Waals surface area contributed by atoms with Crippen molar-refractivity contribution in [1.29, 1.82) is 0 Å². The maximum absolute atomic E-state index is 9.48. The Morgan fingerprint density at radius 1 is 1.19 bits per heavy atom. The molecule has 0 spiro atoms. The zero-order chi connectivity index (χ0) is 12.5. The Bertz CT molecular complexity index is 347. The first kappa shape index (κ1) is 15.6. The van der Waals surface area contributed by atoms with E-state index in [1.165, 1.54) is 0 Å². The fourth-order valence-electron chi connectivity index (χ4n) is 1.78. The van der Waals surface area contributed by atoms with Gasteiger partial charge in [0, 0.05) is 18.7 Å². The second-order valence-electron chi connectivity index (χ2n) is 3.75. The lowest BCUT2D eigenvalue weighted by atomic mass is 9.81. The summed E-state index contributed by atoms with van der Waals surface area (Å²) < 4.78 is 1.61. The number of hydrogen-bond acceptors (Lipinski definition) is 3. The van der Waals surface area contributed by atoms with Gasteiger partial charge in [-0.05, 0) is 57.7 Å². The summed E-state index contributed by atoms with van der Waals surface area (Å²) in [6.07, 6.45) is 0. The number of rotatable bonds is 3. The molecule has 1 aliphatic carbocycles.